The van der Waals surface area contributed by atoms with E-state index < -0.39 is 0 Å². The lowest BCUT2D eigenvalue weighted by Crippen LogP contribution is -2.45. The Hall–Kier alpha value is -4.17. The fourth-order valence-corrected chi connectivity index (χ4v) is 6.46. The Morgan fingerprint density at radius 2 is 1.80 bits per heavy atom. The van der Waals surface area contributed by atoms with Crippen LogP contribution in [0.25, 0.3) is 11.2 Å². The van der Waals surface area contributed by atoms with Crippen molar-refractivity contribution < 1.29 is 4.74 Å². The second-order valence-corrected chi connectivity index (χ2v) is 10.9. The number of piperidine rings is 1. The zero-order valence-corrected chi connectivity index (χ0v) is 24.1. The normalized spacial score (nSPS) is 17.1. The average Bonchev–Trinajstić information content (AvgIpc) is 3.34. The Morgan fingerprint density at radius 1 is 1.02 bits per heavy atom. The van der Waals surface area contributed by atoms with Crippen LogP contribution in [0.15, 0.2) is 74.1 Å². The van der Waals surface area contributed by atoms with Crippen molar-refractivity contribution in [2.24, 2.45) is 0 Å². The number of methoxy groups -OCH3 is 1. The quantitative estimate of drug-likeness (QED) is 0.280. The van der Waals surface area contributed by atoms with Gasteiger partial charge in [0.15, 0.2) is 17.0 Å². The molecule has 8 heteroatoms. The van der Waals surface area contributed by atoms with E-state index in [0.29, 0.717) is 25.1 Å². The fourth-order valence-electron chi connectivity index (χ4n) is 6.46. The maximum atomic E-state index is 5.59. The van der Waals surface area contributed by atoms with Crippen molar-refractivity contribution >= 4 is 22.9 Å². The number of anilines is 2. The molecule has 0 bridgehead atoms. The molecule has 0 spiro atoms. The molecule has 0 saturated carbocycles. The van der Waals surface area contributed by atoms with Gasteiger partial charge in [0.2, 0.25) is 5.95 Å². The zero-order valence-electron chi connectivity index (χ0n) is 24.1. The molecule has 1 atom stereocenters. The van der Waals surface area contributed by atoms with E-state index in [1.54, 1.807) is 7.11 Å². The highest BCUT2D eigenvalue weighted by Crippen LogP contribution is 2.40. The highest BCUT2D eigenvalue weighted by atomic mass is 16.5. The Morgan fingerprint density at radius 3 is 2.59 bits per heavy atom. The van der Waals surface area contributed by atoms with Crippen LogP contribution in [-0.4, -0.2) is 64.3 Å². The topological polar surface area (TPSA) is 71.3 Å². The van der Waals surface area contributed by atoms with Crippen LogP contribution in [0.2, 0.25) is 0 Å². The number of imidazole rings is 1. The van der Waals surface area contributed by atoms with E-state index in [-0.39, 0.29) is 6.04 Å². The summed E-state index contributed by atoms with van der Waals surface area (Å²) in [5, 5.41) is 3.28. The summed E-state index contributed by atoms with van der Waals surface area (Å²) < 4.78 is 7.61. The van der Waals surface area contributed by atoms with E-state index >= 15 is 0 Å². The third kappa shape index (κ3) is 5.20. The van der Waals surface area contributed by atoms with Gasteiger partial charge in [-0.15, -0.1) is 13.2 Å². The van der Waals surface area contributed by atoms with Crippen LogP contribution in [0.3, 0.4) is 0 Å². The van der Waals surface area contributed by atoms with Crippen LogP contribution in [-0.2, 0) is 19.4 Å². The highest BCUT2D eigenvalue weighted by molar-refractivity contribution is 5.85. The SMILES string of the molecule is C=CCNc1nc(N2CCC(N(C)C3c4ccccc4CCc4cc(OC)ccc43)CC2)c2ncn(CC=C)c2n1. The number of benzene rings is 2. The Labute approximate surface area is 242 Å². The van der Waals surface area contributed by atoms with Crippen molar-refractivity contribution in [3.05, 3.63) is 96.4 Å². The summed E-state index contributed by atoms with van der Waals surface area (Å²) in [6, 6.07) is 16.2. The Kier molecular flexibility index (Phi) is 7.74. The molecule has 4 aromatic rings. The van der Waals surface area contributed by atoms with Crippen molar-refractivity contribution in [3.8, 4) is 5.75 Å². The van der Waals surface area contributed by atoms with Crippen LogP contribution in [0.5, 0.6) is 5.75 Å². The maximum Gasteiger partial charge on any atom is 0.227 e. The van der Waals surface area contributed by atoms with Gasteiger partial charge in [-0.3, -0.25) is 4.90 Å². The van der Waals surface area contributed by atoms with E-state index in [0.717, 1.165) is 61.5 Å². The van der Waals surface area contributed by atoms with Crippen LogP contribution in [0, 0.1) is 0 Å². The Bertz CT molecular complexity index is 1550. The lowest BCUT2D eigenvalue weighted by Gasteiger charge is -2.41. The number of nitrogens with zero attached hydrogens (tertiary/aromatic N) is 6. The van der Waals surface area contributed by atoms with Crippen LogP contribution < -0.4 is 15.0 Å². The molecule has 1 unspecified atom stereocenters. The number of aryl methyl sites for hydroxylation is 2. The first-order valence-corrected chi connectivity index (χ1v) is 14.5. The van der Waals surface area contributed by atoms with Gasteiger partial charge in [-0.1, -0.05) is 42.5 Å². The van der Waals surface area contributed by atoms with Gasteiger partial charge in [0.05, 0.1) is 19.5 Å². The molecule has 8 nitrogen and oxygen atoms in total. The number of ether oxygens (including phenoxy) is 1. The van der Waals surface area contributed by atoms with Crippen LogP contribution in [0.1, 0.15) is 41.1 Å². The summed E-state index contributed by atoms with van der Waals surface area (Å²) in [7, 11) is 4.05. The highest BCUT2D eigenvalue weighted by Gasteiger charge is 2.33. The molecule has 6 rings (SSSR count). The van der Waals surface area contributed by atoms with E-state index in [1.165, 1.54) is 22.3 Å². The van der Waals surface area contributed by atoms with Gasteiger partial charge in [0, 0.05) is 32.2 Å². The van der Waals surface area contributed by atoms with Crippen molar-refractivity contribution in [1.82, 2.24) is 24.4 Å². The lowest BCUT2D eigenvalue weighted by atomic mass is 9.90. The molecule has 0 radical (unpaired) electrons. The molecular formula is C33H39N7O. The number of rotatable bonds is 9. The Balaban J connectivity index is 1.28. The molecular weight excluding hydrogens is 510 g/mol. The molecule has 2 aromatic heterocycles. The number of hydrogen-bond acceptors (Lipinski definition) is 7. The van der Waals surface area contributed by atoms with Crippen molar-refractivity contribution in [1.29, 1.82) is 0 Å². The first-order chi connectivity index (χ1) is 20.1. The third-order valence-electron chi connectivity index (χ3n) is 8.58. The number of allylic oxidation sites excluding steroid dienone is 1. The maximum absolute atomic E-state index is 5.59. The van der Waals surface area contributed by atoms with Gasteiger partial charge in [0.1, 0.15) is 5.75 Å². The molecule has 3 heterocycles. The molecule has 2 aromatic carbocycles. The molecule has 1 aliphatic carbocycles. The molecule has 1 N–H and O–H groups in total. The molecule has 1 aliphatic heterocycles. The average molecular weight is 550 g/mol. The summed E-state index contributed by atoms with van der Waals surface area (Å²) in [4.78, 5) is 19.4. The molecule has 41 heavy (non-hydrogen) atoms. The number of aromatic nitrogens is 4. The van der Waals surface area contributed by atoms with Crippen molar-refractivity contribution in [3.63, 3.8) is 0 Å². The predicted octanol–water partition coefficient (Wildman–Crippen LogP) is 5.41. The first kappa shape index (κ1) is 27.0. The minimum absolute atomic E-state index is 0.209. The second kappa shape index (κ2) is 11.7. The van der Waals surface area contributed by atoms with Gasteiger partial charge >= 0.3 is 0 Å². The van der Waals surface area contributed by atoms with Crippen molar-refractivity contribution in [2.75, 3.05) is 44.0 Å². The van der Waals surface area contributed by atoms with E-state index in [4.69, 9.17) is 19.7 Å². The summed E-state index contributed by atoms with van der Waals surface area (Å²) in [5.74, 6) is 2.42. The predicted molar refractivity (Wildman–Crippen MR) is 166 cm³/mol. The van der Waals surface area contributed by atoms with E-state index in [9.17, 15) is 0 Å². The van der Waals surface area contributed by atoms with E-state index in [1.807, 2.05) is 23.0 Å². The standard InChI is InChI=1S/C33H39N7O/c1-5-17-34-33-36-31(29-32(37-33)40(18-6-2)22-35-29)39-19-15-25(16-20-39)38(3)30-27-10-8-7-9-23(27)11-12-24-21-26(41-4)13-14-28(24)30/h5-10,13-14,21-22,25,30H,1-2,11-12,15-20H2,3-4H3,(H,34,36,37). The van der Waals surface area contributed by atoms with Gasteiger partial charge in [-0.2, -0.15) is 9.97 Å². The molecule has 1 saturated heterocycles. The summed E-state index contributed by atoms with van der Waals surface area (Å²) in [5.41, 5.74) is 7.29. The minimum atomic E-state index is 0.209. The molecule has 1 fully saturated rings. The number of fused-ring (bicyclic) bond motifs is 3. The van der Waals surface area contributed by atoms with Gasteiger partial charge in [0.25, 0.3) is 0 Å². The summed E-state index contributed by atoms with van der Waals surface area (Å²) in [6.45, 7) is 10.8. The molecule has 2 aliphatic rings. The lowest BCUT2D eigenvalue weighted by molar-refractivity contribution is 0.169. The van der Waals surface area contributed by atoms with Crippen LogP contribution in [0.4, 0.5) is 11.8 Å². The fraction of sp³-hybridized carbons (Fsp3) is 0.364. The van der Waals surface area contributed by atoms with Crippen molar-refractivity contribution in [2.45, 2.75) is 44.3 Å². The number of nitrogens with one attached hydrogen (secondary N) is 1. The van der Waals surface area contributed by atoms with Gasteiger partial charge in [-0.05, 0) is 67.1 Å². The largest absolute Gasteiger partial charge is 0.497 e. The van der Waals surface area contributed by atoms with E-state index in [2.05, 4.69) is 77.8 Å². The van der Waals surface area contributed by atoms with Gasteiger partial charge in [-0.25, -0.2) is 4.98 Å². The molecule has 212 valence electrons. The summed E-state index contributed by atoms with van der Waals surface area (Å²) >= 11 is 0. The monoisotopic (exact) mass is 549 g/mol. The third-order valence-corrected chi connectivity index (χ3v) is 8.58. The summed E-state index contributed by atoms with van der Waals surface area (Å²) in [6.07, 6.45) is 9.65. The number of hydrogen-bond donors (Lipinski definition) is 1. The van der Waals surface area contributed by atoms with Gasteiger partial charge < -0.3 is 19.5 Å². The van der Waals surface area contributed by atoms with Crippen LogP contribution >= 0.6 is 0 Å². The minimum Gasteiger partial charge on any atom is -0.497 e. The zero-order chi connectivity index (χ0) is 28.3. The second-order valence-electron chi connectivity index (χ2n) is 10.9. The smallest absolute Gasteiger partial charge is 0.227 e. The first-order valence-electron chi connectivity index (χ1n) is 14.5. The molecule has 0 amide bonds.